The van der Waals surface area contributed by atoms with Crippen molar-refractivity contribution < 1.29 is 4.79 Å². The Morgan fingerprint density at radius 1 is 1.22 bits per heavy atom. The average Bonchev–Trinajstić information content (AvgIpc) is 2.62. The molecule has 1 aliphatic heterocycles. The smallest absolute Gasteiger partial charge is 0.254 e. The minimum absolute atomic E-state index is 0.129. The molecule has 5 nitrogen and oxygen atoms in total. The fourth-order valence-corrected chi connectivity index (χ4v) is 3.00. The highest BCUT2D eigenvalue weighted by molar-refractivity contribution is 5.95. The van der Waals surface area contributed by atoms with Crippen molar-refractivity contribution in [2.24, 2.45) is 0 Å². The second-order valence-electron chi connectivity index (χ2n) is 5.84. The lowest BCUT2D eigenvalue weighted by Crippen LogP contribution is -2.42. The van der Waals surface area contributed by atoms with Crippen LogP contribution in [0.2, 0.25) is 0 Å². The van der Waals surface area contributed by atoms with E-state index in [1.54, 1.807) is 18.6 Å². The van der Waals surface area contributed by atoms with Gasteiger partial charge in [-0.05, 0) is 43.0 Å². The van der Waals surface area contributed by atoms with Crippen molar-refractivity contribution in [2.75, 3.05) is 18.4 Å². The number of rotatable bonds is 4. The number of pyridine rings is 2. The number of likely N-dealkylation sites (tertiary alicyclic amines) is 1. The normalized spacial score (nSPS) is 15.4. The lowest BCUT2D eigenvalue weighted by atomic mass is 10.0. The fourth-order valence-electron chi connectivity index (χ4n) is 3.00. The highest BCUT2D eigenvalue weighted by Gasteiger charge is 2.24. The number of amides is 1. The first kappa shape index (κ1) is 15.5. The number of carbonyl (C=O) groups is 1. The van der Waals surface area contributed by atoms with Crippen molar-refractivity contribution in [1.82, 2.24) is 14.9 Å². The SMILES string of the molecule is CCc1cnccc1C(=O)N1CCC(Nc2cccnc2)CC1. The Hall–Kier alpha value is -2.43. The molecule has 1 amide bonds. The Bertz CT molecular complexity index is 651. The monoisotopic (exact) mass is 310 g/mol. The summed E-state index contributed by atoms with van der Waals surface area (Å²) < 4.78 is 0. The van der Waals surface area contributed by atoms with E-state index in [0.717, 1.165) is 49.2 Å². The first-order valence-electron chi connectivity index (χ1n) is 8.16. The van der Waals surface area contributed by atoms with Gasteiger partial charge in [0.05, 0.1) is 5.69 Å². The number of nitrogens with zero attached hydrogens (tertiary/aromatic N) is 3. The Labute approximate surface area is 136 Å². The van der Waals surface area contributed by atoms with Gasteiger partial charge in [0.25, 0.3) is 5.91 Å². The molecule has 1 fully saturated rings. The molecular weight excluding hydrogens is 288 g/mol. The first-order chi connectivity index (χ1) is 11.3. The van der Waals surface area contributed by atoms with Crippen LogP contribution < -0.4 is 5.32 Å². The van der Waals surface area contributed by atoms with E-state index in [1.807, 2.05) is 29.3 Å². The van der Waals surface area contributed by atoms with Gasteiger partial charge in [-0.2, -0.15) is 0 Å². The summed E-state index contributed by atoms with van der Waals surface area (Å²) in [5.41, 5.74) is 2.86. The molecule has 0 aliphatic carbocycles. The predicted molar refractivity (Wildman–Crippen MR) is 90.4 cm³/mol. The van der Waals surface area contributed by atoms with Crippen molar-refractivity contribution in [3.63, 3.8) is 0 Å². The molecule has 3 heterocycles. The number of hydrogen-bond donors (Lipinski definition) is 1. The van der Waals surface area contributed by atoms with Crippen LogP contribution >= 0.6 is 0 Å². The molecule has 23 heavy (non-hydrogen) atoms. The third-order valence-corrected chi connectivity index (χ3v) is 4.33. The topological polar surface area (TPSA) is 58.1 Å². The molecule has 2 aromatic heterocycles. The van der Waals surface area contributed by atoms with E-state index in [0.29, 0.717) is 6.04 Å². The zero-order chi connectivity index (χ0) is 16.1. The van der Waals surface area contributed by atoms with Crippen LogP contribution in [0.15, 0.2) is 43.0 Å². The quantitative estimate of drug-likeness (QED) is 0.943. The van der Waals surface area contributed by atoms with Crippen LogP contribution in [0.25, 0.3) is 0 Å². The molecule has 3 rings (SSSR count). The number of aryl methyl sites for hydroxylation is 1. The summed E-state index contributed by atoms with van der Waals surface area (Å²) in [6, 6.07) is 6.18. The lowest BCUT2D eigenvalue weighted by molar-refractivity contribution is 0.0717. The van der Waals surface area contributed by atoms with Crippen molar-refractivity contribution in [1.29, 1.82) is 0 Å². The molecule has 0 saturated carbocycles. The van der Waals surface area contributed by atoms with E-state index >= 15 is 0 Å². The van der Waals surface area contributed by atoms with Gasteiger partial charge in [-0.25, -0.2) is 0 Å². The number of hydrogen-bond acceptors (Lipinski definition) is 4. The van der Waals surface area contributed by atoms with Crippen LogP contribution in [0.3, 0.4) is 0 Å². The third kappa shape index (κ3) is 3.67. The van der Waals surface area contributed by atoms with Crippen molar-refractivity contribution in [3.8, 4) is 0 Å². The molecule has 0 spiro atoms. The summed E-state index contributed by atoms with van der Waals surface area (Å²) in [5.74, 6) is 0.129. The minimum atomic E-state index is 0.129. The van der Waals surface area contributed by atoms with Gasteiger partial charge in [0.15, 0.2) is 0 Å². The van der Waals surface area contributed by atoms with E-state index in [9.17, 15) is 4.79 Å². The molecule has 5 heteroatoms. The zero-order valence-corrected chi connectivity index (χ0v) is 13.4. The number of anilines is 1. The molecule has 1 saturated heterocycles. The van der Waals surface area contributed by atoms with Gasteiger partial charge in [-0.15, -0.1) is 0 Å². The molecule has 0 radical (unpaired) electrons. The van der Waals surface area contributed by atoms with Crippen molar-refractivity contribution in [3.05, 3.63) is 54.1 Å². The van der Waals surface area contributed by atoms with Gasteiger partial charge in [-0.3, -0.25) is 14.8 Å². The summed E-state index contributed by atoms with van der Waals surface area (Å²) in [6.45, 7) is 3.61. The van der Waals surface area contributed by atoms with Gasteiger partial charge in [-0.1, -0.05) is 6.92 Å². The molecule has 1 N–H and O–H groups in total. The van der Waals surface area contributed by atoms with E-state index in [4.69, 9.17) is 0 Å². The van der Waals surface area contributed by atoms with E-state index in [-0.39, 0.29) is 5.91 Å². The summed E-state index contributed by atoms with van der Waals surface area (Å²) >= 11 is 0. The molecule has 1 aliphatic rings. The van der Waals surface area contributed by atoms with E-state index in [2.05, 4.69) is 22.2 Å². The molecule has 120 valence electrons. The number of aromatic nitrogens is 2. The van der Waals surface area contributed by atoms with Crippen LogP contribution in [-0.2, 0) is 6.42 Å². The van der Waals surface area contributed by atoms with E-state index in [1.165, 1.54) is 0 Å². The largest absolute Gasteiger partial charge is 0.381 e. The Kier molecular flexibility index (Phi) is 4.86. The maximum absolute atomic E-state index is 12.7. The molecule has 0 aromatic carbocycles. The Morgan fingerprint density at radius 3 is 2.70 bits per heavy atom. The van der Waals surface area contributed by atoms with Gasteiger partial charge in [0.1, 0.15) is 0 Å². The van der Waals surface area contributed by atoms with Gasteiger partial charge in [0.2, 0.25) is 0 Å². The summed E-state index contributed by atoms with van der Waals surface area (Å²) in [4.78, 5) is 22.9. The van der Waals surface area contributed by atoms with Gasteiger partial charge in [0, 0.05) is 49.5 Å². The van der Waals surface area contributed by atoms with Crippen LogP contribution in [0.1, 0.15) is 35.7 Å². The highest BCUT2D eigenvalue weighted by Crippen LogP contribution is 2.19. The first-order valence-corrected chi connectivity index (χ1v) is 8.16. The maximum Gasteiger partial charge on any atom is 0.254 e. The summed E-state index contributed by atoms with van der Waals surface area (Å²) in [7, 11) is 0. The average molecular weight is 310 g/mol. The molecular formula is C18H22N4O. The summed E-state index contributed by atoms with van der Waals surface area (Å²) in [5, 5.41) is 3.49. The molecule has 0 bridgehead atoms. The Balaban J connectivity index is 1.59. The number of nitrogens with one attached hydrogen (secondary N) is 1. The van der Waals surface area contributed by atoms with Crippen LogP contribution in [-0.4, -0.2) is 39.9 Å². The molecule has 0 atom stereocenters. The van der Waals surface area contributed by atoms with E-state index < -0.39 is 0 Å². The Morgan fingerprint density at radius 2 is 2.00 bits per heavy atom. The number of carbonyl (C=O) groups excluding carboxylic acids is 1. The predicted octanol–water partition coefficient (Wildman–Crippen LogP) is 2.76. The van der Waals surface area contributed by atoms with Gasteiger partial charge >= 0.3 is 0 Å². The second-order valence-corrected chi connectivity index (χ2v) is 5.84. The van der Waals surface area contributed by atoms with Crippen LogP contribution in [0, 0.1) is 0 Å². The van der Waals surface area contributed by atoms with Crippen molar-refractivity contribution in [2.45, 2.75) is 32.2 Å². The van der Waals surface area contributed by atoms with Crippen molar-refractivity contribution >= 4 is 11.6 Å². The minimum Gasteiger partial charge on any atom is -0.381 e. The van der Waals surface area contributed by atoms with Gasteiger partial charge < -0.3 is 10.2 Å². The third-order valence-electron chi connectivity index (χ3n) is 4.33. The second kappa shape index (κ2) is 7.22. The highest BCUT2D eigenvalue weighted by atomic mass is 16.2. The molecule has 2 aromatic rings. The number of piperidine rings is 1. The van der Waals surface area contributed by atoms with Crippen LogP contribution in [0.4, 0.5) is 5.69 Å². The lowest BCUT2D eigenvalue weighted by Gasteiger charge is -2.33. The fraction of sp³-hybridized carbons (Fsp3) is 0.389. The zero-order valence-electron chi connectivity index (χ0n) is 13.4. The molecule has 0 unspecified atom stereocenters. The maximum atomic E-state index is 12.7. The van der Waals surface area contributed by atoms with Crippen LogP contribution in [0.5, 0.6) is 0 Å². The summed E-state index contributed by atoms with van der Waals surface area (Å²) in [6.07, 6.45) is 9.83. The standard InChI is InChI=1S/C18H22N4O/c1-2-14-12-20-9-5-17(14)18(23)22-10-6-15(7-11-22)21-16-4-3-8-19-13-16/h3-5,8-9,12-13,15,21H,2,6-7,10-11H2,1H3.